The molecule has 1 fully saturated rings. The summed E-state index contributed by atoms with van der Waals surface area (Å²) in [6.45, 7) is 2.46. The average molecular weight is 195 g/mol. The predicted octanol–water partition coefficient (Wildman–Crippen LogP) is 0.240. The molecule has 0 aromatic carbocycles. The minimum Gasteiger partial charge on any atom is -0.377 e. The quantitative estimate of drug-likeness (QED) is 0.507. The number of hydrogen-bond donors (Lipinski definition) is 1. The second-order valence-electron chi connectivity index (χ2n) is 3.56. The smallest absolute Gasteiger partial charge is 0.234 e. The number of ether oxygens (including phenoxy) is 1. The lowest BCUT2D eigenvalue weighted by Gasteiger charge is -2.26. The topological polar surface area (TPSA) is 55.4 Å². The fraction of sp³-hybridized carbons (Fsp3) is 0.600. The number of nitrogens with one attached hydrogen (secondary N) is 1. The molecule has 1 aliphatic carbocycles. The largest absolute Gasteiger partial charge is 0.377 e. The zero-order chi connectivity index (χ0) is 10.1. The molecule has 0 saturated carbocycles. The number of rotatable bonds is 2. The molecule has 1 heterocycles. The van der Waals surface area contributed by atoms with Gasteiger partial charge in [0.25, 0.3) is 0 Å². The van der Waals surface area contributed by atoms with Crippen molar-refractivity contribution in [3.05, 3.63) is 12.2 Å². The second kappa shape index (κ2) is 3.53. The summed E-state index contributed by atoms with van der Waals surface area (Å²) in [6, 6.07) is 0. The Morgan fingerprint density at radius 2 is 2.29 bits per heavy atom. The van der Waals surface area contributed by atoms with Crippen LogP contribution in [0.5, 0.6) is 0 Å². The molecular weight excluding hydrogens is 182 g/mol. The van der Waals surface area contributed by atoms with Gasteiger partial charge in [0, 0.05) is 6.61 Å². The van der Waals surface area contributed by atoms with Crippen LogP contribution >= 0.6 is 0 Å². The van der Waals surface area contributed by atoms with E-state index in [1.165, 1.54) is 0 Å². The summed E-state index contributed by atoms with van der Waals surface area (Å²) < 4.78 is 5.45. The molecule has 2 rings (SSSR count). The van der Waals surface area contributed by atoms with E-state index >= 15 is 0 Å². The second-order valence-corrected chi connectivity index (χ2v) is 3.56. The highest BCUT2D eigenvalue weighted by molar-refractivity contribution is 6.06. The van der Waals surface area contributed by atoms with Gasteiger partial charge in [0.1, 0.15) is 0 Å². The summed E-state index contributed by atoms with van der Waals surface area (Å²) in [5, 5.41) is 2.34. The Balaban J connectivity index is 2.21. The highest BCUT2D eigenvalue weighted by Crippen LogP contribution is 2.31. The number of fused-ring (bicyclic) bond motifs is 1. The van der Waals surface area contributed by atoms with Crippen LogP contribution in [0.1, 0.15) is 13.3 Å². The zero-order valence-electron chi connectivity index (χ0n) is 8.03. The molecule has 0 aromatic heterocycles. The van der Waals surface area contributed by atoms with Gasteiger partial charge in [-0.25, -0.2) is 0 Å². The van der Waals surface area contributed by atoms with Gasteiger partial charge in [-0.2, -0.15) is 0 Å². The van der Waals surface area contributed by atoms with E-state index in [4.69, 9.17) is 4.74 Å². The van der Waals surface area contributed by atoms with Crippen LogP contribution in [0.15, 0.2) is 12.2 Å². The van der Waals surface area contributed by atoms with Crippen molar-refractivity contribution in [1.82, 2.24) is 5.32 Å². The van der Waals surface area contributed by atoms with Crippen molar-refractivity contribution in [2.75, 3.05) is 6.61 Å². The van der Waals surface area contributed by atoms with Crippen molar-refractivity contribution < 1.29 is 14.3 Å². The molecule has 3 atom stereocenters. The lowest BCUT2D eigenvalue weighted by atomic mass is 9.83. The minimum atomic E-state index is -0.313. The van der Waals surface area contributed by atoms with Crippen LogP contribution in [0.3, 0.4) is 0 Å². The van der Waals surface area contributed by atoms with Crippen molar-refractivity contribution in [2.24, 2.45) is 11.8 Å². The van der Waals surface area contributed by atoms with Crippen molar-refractivity contribution in [3.8, 4) is 0 Å². The number of carbonyl (C=O) groups excluding carboxylic acids is 2. The first-order valence-electron chi connectivity index (χ1n) is 4.87. The zero-order valence-corrected chi connectivity index (χ0v) is 8.03. The van der Waals surface area contributed by atoms with Crippen LogP contribution in [0, 0.1) is 11.8 Å². The molecule has 14 heavy (non-hydrogen) atoms. The molecule has 1 saturated heterocycles. The summed E-state index contributed by atoms with van der Waals surface area (Å²) in [5.41, 5.74) is 0. The van der Waals surface area contributed by atoms with Gasteiger partial charge in [-0.1, -0.05) is 12.2 Å². The van der Waals surface area contributed by atoms with E-state index in [0.717, 1.165) is 6.42 Å². The molecule has 1 N–H and O–H groups in total. The molecule has 1 aliphatic heterocycles. The fourth-order valence-electron chi connectivity index (χ4n) is 2.11. The van der Waals surface area contributed by atoms with E-state index in [0.29, 0.717) is 6.61 Å². The maximum absolute atomic E-state index is 11.5. The maximum Gasteiger partial charge on any atom is 0.234 e. The highest BCUT2D eigenvalue weighted by Gasteiger charge is 2.46. The lowest BCUT2D eigenvalue weighted by Crippen LogP contribution is -2.34. The number of amides is 2. The van der Waals surface area contributed by atoms with Crippen LogP contribution in [0.2, 0.25) is 0 Å². The van der Waals surface area contributed by atoms with Crippen molar-refractivity contribution in [2.45, 2.75) is 19.4 Å². The highest BCUT2D eigenvalue weighted by atomic mass is 16.5. The van der Waals surface area contributed by atoms with Crippen LogP contribution in [-0.2, 0) is 14.3 Å². The van der Waals surface area contributed by atoms with Crippen LogP contribution < -0.4 is 5.32 Å². The SMILES string of the molecule is CCOC1CC=CC2C(=O)NC(=O)C12. The Labute approximate surface area is 82.3 Å². The molecule has 4 nitrogen and oxygen atoms in total. The first kappa shape index (κ1) is 9.40. The molecule has 4 heteroatoms. The standard InChI is InChI=1S/C10H13NO3/c1-2-14-7-5-3-4-6-8(7)10(13)11-9(6)12/h3-4,6-8H,2,5H2,1H3,(H,11,12,13). The Kier molecular flexibility index (Phi) is 2.37. The van der Waals surface area contributed by atoms with Gasteiger partial charge in [-0.05, 0) is 13.3 Å². The number of imide groups is 1. The van der Waals surface area contributed by atoms with Gasteiger partial charge in [0.05, 0.1) is 17.9 Å². The number of carbonyl (C=O) groups is 2. The summed E-state index contributed by atoms with van der Waals surface area (Å²) in [4.78, 5) is 22.8. The Morgan fingerprint density at radius 1 is 1.50 bits per heavy atom. The van der Waals surface area contributed by atoms with E-state index in [1.807, 2.05) is 13.0 Å². The first-order valence-corrected chi connectivity index (χ1v) is 4.87. The normalized spacial score (nSPS) is 35.6. The van der Waals surface area contributed by atoms with Crippen molar-refractivity contribution >= 4 is 11.8 Å². The van der Waals surface area contributed by atoms with E-state index in [9.17, 15) is 9.59 Å². The summed E-state index contributed by atoms with van der Waals surface area (Å²) in [7, 11) is 0. The van der Waals surface area contributed by atoms with Gasteiger partial charge in [-0.15, -0.1) is 0 Å². The van der Waals surface area contributed by atoms with Crippen LogP contribution in [0.25, 0.3) is 0 Å². The van der Waals surface area contributed by atoms with E-state index in [-0.39, 0.29) is 29.8 Å². The van der Waals surface area contributed by atoms with E-state index in [2.05, 4.69) is 5.32 Å². The third kappa shape index (κ3) is 1.35. The van der Waals surface area contributed by atoms with Crippen molar-refractivity contribution in [1.29, 1.82) is 0 Å². The molecule has 0 spiro atoms. The summed E-state index contributed by atoms with van der Waals surface area (Å²) in [6.07, 6.45) is 4.30. The minimum absolute atomic E-state index is 0.138. The molecule has 0 bridgehead atoms. The molecule has 0 radical (unpaired) electrons. The lowest BCUT2D eigenvalue weighted by molar-refractivity contribution is -0.128. The fourth-order valence-corrected chi connectivity index (χ4v) is 2.11. The van der Waals surface area contributed by atoms with Crippen LogP contribution in [-0.4, -0.2) is 24.5 Å². The molecule has 76 valence electrons. The molecule has 2 amide bonds. The third-order valence-corrected chi connectivity index (χ3v) is 2.73. The summed E-state index contributed by atoms with van der Waals surface area (Å²) >= 11 is 0. The Bertz CT molecular complexity index is 298. The maximum atomic E-state index is 11.5. The van der Waals surface area contributed by atoms with Gasteiger partial charge in [0.15, 0.2) is 0 Å². The Morgan fingerprint density at radius 3 is 3.00 bits per heavy atom. The molecule has 3 unspecified atom stereocenters. The molecule has 2 aliphatic rings. The summed E-state index contributed by atoms with van der Waals surface area (Å²) in [5.74, 6) is -1.01. The first-order chi connectivity index (χ1) is 6.74. The van der Waals surface area contributed by atoms with Gasteiger partial charge in [-0.3, -0.25) is 14.9 Å². The number of hydrogen-bond acceptors (Lipinski definition) is 3. The van der Waals surface area contributed by atoms with E-state index < -0.39 is 0 Å². The van der Waals surface area contributed by atoms with Crippen LogP contribution in [0.4, 0.5) is 0 Å². The average Bonchev–Trinajstić information content (AvgIpc) is 2.44. The Hall–Kier alpha value is -1.16. The molecular formula is C10H13NO3. The van der Waals surface area contributed by atoms with E-state index in [1.54, 1.807) is 6.08 Å². The van der Waals surface area contributed by atoms with Gasteiger partial charge in [0.2, 0.25) is 11.8 Å². The molecule has 0 aromatic rings. The predicted molar refractivity (Wildman–Crippen MR) is 49.3 cm³/mol. The van der Waals surface area contributed by atoms with Gasteiger partial charge >= 0.3 is 0 Å². The monoisotopic (exact) mass is 195 g/mol. The van der Waals surface area contributed by atoms with Gasteiger partial charge < -0.3 is 4.74 Å². The van der Waals surface area contributed by atoms with Crippen molar-refractivity contribution in [3.63, 3.8) is 0 Å². The third-order valence-electron chi connectivity index (χ3n) is 2.73.